The summed E-state index contributed by atoms with van der Waals surface area (Å²) in [7, 11) is 0. The van der Waals surface area contributed by atoms with Crippen molar-refractivity contribution in [2.24, 2.45) is 10.8 Å². The molecule has 1 aromatic carbocycles. The van der Waals surface area contributed by atoms with Crippen molar-refractivity contribution < 1.29 is 14.6 Å². The van der Waals surface area contributed by atoms with E-state index in [0.717, 1.165) is 29.5 Å². The fraction of sp³-hybridized carbons (Fsp3) is 0.667. The number of rotatable bonds is 8. The maximum atomic E-state index is 11.4. The molecule has 0 heterocycles. The van der Waals surface area contributed by atoms with E-state index < -0.39 is 5.97 Å². The molecule has 0 spiro atoms. The summed E-state index contributed by atoms with van der Waals surface area (Å²) in [6.45, 7) is 26.0. The molecule has 0 unspecified atom stereocenters. The Labute approximate surface area is 184 Å². The monoisotopic (exact) mass is 416 g/mol. The van der Waals surface area contributed by atoms with E-state index in [0.29, 0.717) is 18.8 Å². The summed E-state index contributed by atoms with van der Waals surface area (Å²) < 4.78 is 5.22. The summed E-state index contributed by atoms with van der Waals surface area (Å²) in [6.07, 6.45) is 3.69. The number of hydrogen-bond acceptors (Lipinski definition) is 3. The Balaban J connectivity index is 3.50. The second-order valence-electron chi connectivity index (χ2n) is 12.4. The van der Waals surface area contributed by atoms with Gasteiger partial charge in [0.25, 0.3) is 0 Å². The lowest BCUT2D eigenvalue weighted by molar-refractivity contribution is -0.137. The second kappa shape index (κ2) is 9.16. The molecule has 0 radical (unpaired) electrons. The fourth-order valence-corrected chi connectivity index (χ4v) is 5.04. The Morgan fingerprint density at radius 1 is 0.900 bits per heavy atom. The van der Waals surface area contributed by atoms with Crippen LogP contribution in [-0.4, -0.2) is 17.7 Å². The summed E-state index contributed by atoms with van der Waals surface area (Å²) in [5.74, 6) is 0.000636. The van der Waals surface area contributed by atoms with Gasteiger partial charge in [0.2, 0.25) is 0 Å². The topological polar surface area (TPSA) is 46.5 Å². The predicted octanol–water partition coefficient (Wildman–Crippen LogP) is 7.09. The largest absolute Gasteiger partial charge is 0.507 e. The third-order valence-corrected chi connectivity index (χ3v) is 5.37. The molecule has 0 saturated carbocycles. The van der Waals surface area contributed by atoms with Gasteiger partial charge in [0.05, 0.1) is 6.61 Å². The minimum atomic E-state index is -0.407. The van der Waals surface area contributed by atoms with Crippen molar-refractivity contribution in [3.8, 4) is 5.75 Å². The lowest BCUT2D eigenvalue weighted by atomic mass is 9.67. The van der Waals surface area contributed by atoms with E-state index in [2.05, 4.69) is 87.9 Å². The Kier molecular flexibility index (Phi) is 8.02. The van der Waals surface area contributed by atoms with Crippen molar-refractivity contribution in [1.82, 2.24) is 0 Å². The van der Waals surface area contributed by atoms with Gasteiger partial charge >= 0.3 is 5.97 Å². The number of ether oxygens (including phenoxy) is 1. The highest BCUT2D eigenvalue weighted by Gasteiger charge is 2.35. The van der Waals surface area contributed by atoms with Gasteiger partial charge in [-0.05, 0) is 40.1 Å². The van der Waals surface area contributed by atoms with Crippen molar-refractivity contribution >= 4 is 5.97 Å². The van der Waals surface area contributed by atoms with Crippen molar-refractivity contribution in [1.29, 1.82) is 0 Å². The number of aromatic hydroxyl groups is 1. The zero-order valence-corrected chi connectivity index (χ0v) is 21.0. The molecule has 30 heavy (non-hydrogen) atoms. The number of carbonyl (C=O) groups is 1. The number of esters is 1. The molecule has 0 aliphatic carbocycles. The van der Waals surface area contributed by atoms with Gasteiger partial charge in [-0.1, -0.05) is 87.9 Å². The van der Waals surface area contributed by atoms with E-state index in [1.165, 1.54) is 6.08 Å². The molecule has 170 valence electrons. The number of benzene rings is 1. The molecule has 3 nitrogen and oxygen atoms in total. The standard InChI is InChI=1S/C27H44O3/c1-12-22(28)30-14-13-19-15-20(26(8,9)17-24(2,3)4)23(29)21(16-19)27(10,11)18-25(5,6)7/h12,15-16,29H,1,13-14,17-18H2,2-11H3. The Morgan fingerprint density at radius 2 is 1.30 bits per heavy atom. The Hall–Kier alpha value is -1.77. The molecule has 0 bridgehead atoms. The lowest BCUT2D eigenvalue weighted by Crippen LogP contribution is -2.28. The zero-order chi connectivity index (χ0) is 23.5. The minimum Gasteiger partial charge on any atom is -0.507 e. The first kappa shape index (κ1) is 26.3. The molecule has 0 fully saturated rings. The van der Waals surface area contributed by atoms with E-state index in [1.807, 2.05) is 0 Å². The van der Waals surface area contributed by atoms with Gasteiger partial charge in [-0.3, -0.25) is 0 Å². The van der Waals surface area contributed by atoms with Gasteiger partial charge in [0.1, 0.15) is 5.75 Å². The first-order valence-electron chi connectivity index (χ1n) is 11.0. The molecule has 0 atom stereocenters. The number of phenols is 1. The van der Waals surface area contributed by atoms with Crippen LogP contribution >= 0.6 is 0 Å². The van der Waals surface area contributed by atoms with E-state index >= 15 is 0 Å². The van der Waals surface area contributed by atoms with Gasteiger partial charge in [-0.15, -0.1) is 0 Å². The normalized spacial score (nSPS) is 13.3. The van der Waals surface area contributed by atoms with Crippen LogP contribution in [0.4, 0.5) is 0 Å². The first-order valence-corrected chi connectivity index (χ1v) is 11.0. The summed E-state index contributed by atoms with van der Waals surface area (Å²) in [5, 5.41) is 11.4. The molecular weight excluding hydrogens is 372 g/mol. The molecule has 0 aliphatic heterocycles. The molecule has 0 saturated heterocycles. The van der Waals surface area contributed by atoms with E-state index in [1.54, 1.807) is 0 Å². The van der Waals surface area contributed by atoms with Crippen LogP contribution in [0, 0.1) is 10.8 Å². The maximum Gasteiger partial charge on any atom is 0.330 e. The van der Waals surface area contributed by atoms with Crippen LogP contribution in [0.25, 0.3) is 0 Å². The van der Waals surface area contributed by atoms with E-state index in [-0.39, 0.29) is 21.7 Å². The van der Waals surface area contributed by atoms with Crippen LogP contribution in [0.1, 0.15) is 98.8 Å². The molecule has 1 aromatic rings. The molecule has 1 rings (SSSR count). The highest BCUT2D eigenvalue weighted by atomic mass is 16.5. The summed E-state index contributed by atoms with van der Waals surface area (Å²) >= 11 is 0. The molecule has 1 N–H and O–H groups in total. The zero-order valence-electron chi connectivity index (χ0n) is 21.0. The van der Waals surface area contributed by atoms with E-state index in [4.69, 9.17) is 4.74 Å². The predicted molar refractivity (Wildman–Crippen MR) is 127 cm³/mol. The van der Waals surface area contributed by atoms with Crippen LogP contribution in [0.2, 0.25) is 0 Å². The maximum absolute atomic E-state index is 11.4. The summed E-state index contributed by atoms with van der Waals surface area (Å²) in [6, 6.07) is 4.19. The molecule has 0 amide bonds. The van der Waals surface area contributed by atoms with Crippen LogP contribution in [0.3, 0.4) is 0 Å². The van der Waals surface area contributed by atoms with Crippen LogP contribution in [0.5, 0.6) is 5.75 Å². The van der Waals surface area contributed by atoms with Crippen LogP contribution < -0.4 is 0 Å². The van der Waals surface area contributed by atoms with Gasteiger partial charge < -0.3 is 9.84 Å². The smallest absolute Gasteiger partial charge is 0.330 e. The fourth-order valence-electron chi connectivity index (χ4n) is 5.04. The molecule has 0 aromatic heterocycles. The summed E-state index contributed by atoms with van der Waals surface area (Å²) in [4.78, 5) is 11.4. The summed E-state index contributed by atoms with van der Waals surface area (Å²) in [5.41, 5.74) is 2.91. The average Bonchev–Trinajstić information content (AvgIpc) is 2.51. The number of phenolic OH excluding ortho intramolecular Hbond substituents is 1. The van der Waals surface area contributed by atoms with Crippen LogP contribution in [0.15, 0.2) is 24.8 Å². The highest BCUT2D eigenvalue weighted by molar-refractivity contribution is 5.81. The van der Waals surface area contributed by atoms with E-state index in [9.17, 15) is 9.90 Å². The minimum absolute atomic E-state index is 0.131. The number of hydrogen-bond donors (Lipinski definition) is 1. The third-order valence-electron chi connectivity index (χ3n) is 5.37. The van der Waals surface area contributed by atoms with Crippen molar-refractivity contribution in [3.63, 3.8) is 0 Å². The van der Waals surface area contributed by atoms with Gasteiger partial charge in [0, 0.05) is 23.6 Å². The average molecular weight is 417 g/mol. The third kappa shape index (κ3) is 7.81. The molecule has 3 heteroatoms. The lowest BCUT2D eigenvalue weighted by Gasteiger charge is -2.37. The van der Waals surface area contributed by atoms with Gasteiger partial charge in [-0.25, -0.2) is 4.79 Å². The highest BCUT2D eigenvalue weighted by Crippen LogP contribution is 2.47. The second-order valence-corrected chi connectivity index (χ2v) is 12.4. The Bertz CT molecular complexity index is 706. The molecule has 0 aliphatic rings. The molecular formula is C27H44O3. The van der Waals surface area contributed by atoms with Crippen LogP contribution in [-0.2, 0) is 26.8 Å². The van der Waals surface area contributed by atoms with Gasteiger partial charge in [0.15, 0.2) is 0 Å². The first-order chi connectivity index (χ1) is 13.4. The quantitative estimate of drug-likeness (QED) is 0.363. The van der Waals surface area contributed by atoms with Crippen molar-refractivity contribution in [3.05, 3.63) is 41.5 Å². The van der Waals surface area contributed by atoms with Crippen molar-refractivity contribution in [2.75, 3.05) is 6.61 Å². The Morgan fingerprint density at radius 3 is 1.63 bits per heavy atom. The van der Waals surface area contributed by atoms with Gasteiger partial charge in [-0.2, -0.15) is 0 Å². The number of carbonyl (C=O) groups excluding carboxylic acids is 1. The van der Waals surface area contributed by atoms with Crippen molar-refractivity contribution in [2.45, 2.75) is 99.3 Å². The SMILES string of the molecule is C=CC(=O)OCCc1cc(C(C)(C)CC(C)(C)C)c(O)c(C(C)(C)CC(C)(C)C)c1.